The van der Waals surface area contributed by atoms with E-state index >= 15 is 0 Å². The highest BCUT2D eigenvalue weighted by Crippen LogP contribution is 2.15. The van der Waals surface area contributed by atoms with Crippen LogP contribution in [-0.4, -0.2) is 34.9 Å². The van der Waals surface area contributed by atoms with Crippen molar-refractivity contribution in [3.63, 3.8) is 0 Å². The van der Waals surface area contributed by atoms with Crippen LogP contribution in [0.4, 0.5) is 10.5 Å². The van der Waals surface area contributed by atoms with Crippen LogP contribution in [0.15, 0.2) is 30.5 Å². The standard InChI is InChI=1S/C19H21N3O5/c1-11-5-6-15(12(2)7-11)20-19(26)21-17(24)10-27-18(25)16-8-14(13(3)23)9-22(16)4/h5-9H,10H2,1-4H3,(H2,20,21,24,26). The molecule has 1 heterocycles. The van der Waals surface area contributed by atoms with Crippen LogP contribution in [0.25, 0.3) is 0 Å². The van der Waals surface area contributed by atoms with Gasteiger partial charge in [-0.2, -0.15) is 0 Å². The maximum atomic E-state index is 12.0. The minimum atomic E-state index is -0.772. The van der Waals surface area contributed by atoms with Crippen molar-refractivity contribution >= 4 is 29.4 Å². The van der Waals surface area contributed by atoms with Crippen molar-refractivity contribution in [3.8, 4) is 0 Å². The van der Waals surface area contributed by atoms with Crippen LogP contribution in [0, 0.1) is 13.8 Å². The van der Waals surface area contributed by atoms with Crippen molar-refractivity contribution in [2.24, 2.45) is 7.05 Å². The van der Waals surface area contributed by atoms with E-state index in [1.165, 1.54) is 23.8 Å². The molecule has 2 rings (SSSR count). The fourth-order valence-electron chi connectivity index (χ4n) is 2.44. The van der Waals surface area contributed by atoms with Crippen molar-refractivity contribution in [2.75, 3.05) is 11.9 Å². The molecule has 2 aromatic rings. The molecule has 142 valence electrons. The predicted octanol–water partition coefficient (Wildman–Crippen LogP) is 2.35. The summed E-state index contributed by atoms with van der Waals surface area (Å²) in [6, 6.07) is 6.13. The number of amides is 3. The van der Waals surface area contributed by atoms with Gasteiger partial charge in [-0.1, -0.05) is 17.7 Å². The molecule has 1 aromatic carbocycles. The van der Waals surface area contributed by atoms with Gasteiger partial charge in [0.05, 0.1) is 0 Å². The summed E-state index contributed by atoms with van der Waals surface area (Å²) in [6.45, 7) is 4.52. The van der Waals surface area contributed by atoms with Gasteiger partial charge >= 0.3 is 12.0 Å². The molecule has 1 aromatic heterocycles. The Morgan fingerprint density at radius 3 is 2.41 bits per heavy atom. The second-order valence-electron chi connectivity index (χ2n) is 6.18. The Bertz CT molecular complexity index is 914. The van der Waals surface area contributed by atoms with Gasteiger partial charge < -0.3 is 14.6 Å². The Balaban J connectivity index is 1.87. The first kappa shape index (κ1) is 19.9. The van der Waals surface area contributed by atoms with Gasteiger partial charge in [0.2, 0.25) is 0 Å². The maximum absolute atomic E-state index is 12.0. The van der Waals surface area contributed by atoms with Gasteiger partial charge in [0.25, 0.3) is 5.91 Å². The van der Waals surface area contributed by atoms with E-state index in [4.69, 9.17) is 4.74 Å². The van der Waals surface area contributed by atoms with E-state index in [0.717, 1.165) is 11.1 Å². The van der Waals surface area contributed by atoms with E-state index in [1.807, 2.05) is 26.0 Å². The number of benzene rings is 1. The Morgan fingerprint density at radius 2 is 1.81 bits per heavy atom. The molecule has 0 spiro atoms. The number of anilines is 1. The molecule has 0 saturated carbocycles. The zero-order valence-electron chi connectivity index (χ0n) is 15.6. The zero-order chi connectivity index (χ0) is 20.1. The third-order valence-electron chi connectivity index (χ3n) is 3.84. The number of aryl methyl sites for hydroxylation is 3. The van der Waals surface area contributed by atoms with Gasteiger partial charge in [-0.05, 0) is 38.5 Å². The molecule has 0 aliphatic carbocycles. The number of rotatable bonds is 5. The summed E-state index contributed by atoms with van der Waals surface area (Å²) in [5, 5.41) is 4.65. The summed E-state index contributed by atoms with van der Waals surface area (Å²) in [4.78, 5) is 47.1. The fourth-order valence-corrected chi connectivity index (χ4v) is 2.44. The number of carbonyl (C=O) groups is 4. The maximum Gasteiger partial charge on any atom is 0.355 e. The van der Waals surface area contributed by atoms with Crippen LogP contribution < -0.4 is 10.6 Å². The first-order chi connectivity index (χ1) is 12.7. The summed E-state index contributed by atoms with van der Waals surface area (Å²) < 4.78 is 6.33. The molecule has 27 heavy (non-hydrogen) atoms. The summed E-state index contributed by atoms with van der Waals surface area (Å²) in [5.74, 6) is -1.73. The van der Waals surface area contributed by atoms with Crippen LogP contribution >= 0.6 is 0 Å². The fraction of sp³-hybridized carbons (Fsp3) is 0.263. The molecule has 0 aliphatic rings. The average molecular weight is 371 g/mol. The monoisotopic (exact) mass is 371 g/mol. The van der Waals surface area contributed by atoms with Crippen LogP contribution in [-0.2, 0) is 16.6 Å². The number of hydrogen-bond donors (Lipinski definition) is 2. The van der Waals surface area contributed by atoms with Crippen molar-refractivity contribution < 1.29 is 23.9 Å². The van der Waals surface area contributed by atoms with Crippen LogP contribution in [0.2, 0.25) is 0 Å². The minimum absolute atomic E-state index is 0.132. The normalized spacial score (nSPS) is 10.2. The molecule has 3 amide bonds. The summed E-state index contributed by atoms with van der Waals surface area (Å²) in [6.07, 6.45) is 1.50. The van der Waals surface area contributed by atoms with Crippen molar-refractivity contribution in [1.82, 2.24) is 9.88 Å². The molecule has 0 radical (unpaired) electrons. The average Bonchev–Trinajstić information content (AvgIpc) is 2.97. The lowest BCUT2D eigenvalue weighted by molar-refractivity contribution is -0.123. The second kappa shape index (κ2) is 8.31. The van der Waals surface area contributed by atoms with E-state index < -0.39 is 24.5 Å². The third kappa shape index (κ3) is 5.27. The Labute approximate surface area is 156 Å². The van der Waals surface area contributed by atoms with E-state index in [1.54, 1.807) is 13.1 Å². The minimum Gasteiger partial charge on any atom is -0.451 e. The number of nitrogens with zero attached hydrogens (tertiary/aromatic N) is 1. The third-order valence-corrected chi connectivity index (χ3v) is 3.84. The smallest absolute Gasteiger partial charge is 0.355 e. The highest BCUT2D eigenvalue weighted by atomic mass is 16.5. The largest absolute Gasteiger partial charge is 0.451 e. The number of aromatic nitrogens is 1. The van der Waals surface area contributed by atoms with Crippen molar-refractivity contribution in [2.45, 2.75) is 20.8 Å². The molecular formula is C19H21N3O5. The highest BCUT2D eigenvalue weighted by molar-refractivity contribution is 6.03. The SMILES string of the molecule is CC(=O)c1cc(C(=O)OCC(=O)NC(=O)Nc2ccc(C)cc2C)n(C)c1. The van der Waals surface area contributed by atoms with Crippen LogP contribution in [0.3, 0.4) is 0 Å². The quantitative estimate of drug-likeness (QED) is 0.620. The van der Waals surface area contributed by atoms with Crippen LogP contribution in [0.1, 0.15) is 38.9 Å². The number of esters is 1. The van der Waals surface area contributed by atoms with E-state index in [2.05, 4.69) is 10.6 Å². The molecule has 2 N–H and O–H groups in total. The number of Topliss-reactive ketones (excluding diaryl/α,β-unsaturated/α-hetero) is 1. The summed E-state index contributed by atoms with van der Waals surface area (Å²) in [7, 11) is 1.58. The predicted molar refractivity (Wildman–Crippen MR) is 98.8 cm³/mol. The molecule has 0 bridgehead atoms. The Kier molecular flexibility index (Phi) is 6.12. The van der Waals surface area contributed by atoms with Gasteiger partial charge in [0.1, 0.15) is 5.69 Å². The zero-order valence-corrected chi connectivity index (χ0v) is 15.6. The lowest BCUT2D eigenvalue weighted by atomic mass is 10.1. The van der Waals surface area contributed by atoms with Crippen molar-refractivity contribution in [1.29, 1.82) is 0 Å². The molecular weight excluding hydrogens is 350 g/mol. The molecule has 0 atom stereocenters. The summed E-state index contributed by atoms with van der Waals surface area (Å²) >= 11 is 0. The number of urea groups is 1. The number of hydrogen-bond acceptors (Lipinski definition) is 5. The highest BCUT2D eigenvalue weighted by Gasteiger charge is 2.17. The Hall–Kier alpha value is -3.42. The van der Waals surface area contributed by atoms with E-state index in [-0.39, 0.29) is 11.5 Å². The first-order valence-corrected chi connectivity index (χ1v) is 8.20. The number of ketones is 1. The van der Waals surface area contributed by atoms with Gasteiger partial charge in [0, 0.05) is 24.5 Å². The topological polar surface area (TPSA) is 106 Å². The molecule has 0 unspecified atom stereocenters. The van der Waals surface area contributed by atoms with Gasteiger partial charge in [-0.3, -0.25) is 14.9 Å². The lowest BCUT2D eigenvalue weighted by Crippen LogP contribution is -2.37. The molecule has 0 aliphatic heterocycles. The number of carbonyl (C=O) groups excluding carboxylic acids is 4. The van der Waals surface area contributed by atoms with Crippen molar-refractivity contribution in [3.05, 3.63) is 52.8 Å². The molecule has 8 heteroatoms. The summed E-state index contributed by atoms with van der Waals surface area (Å²) in [5.41, 5.74) is 2.97. The Morgan fingerprint density at radius 1 is 1.11 bits per heavy atom. The van der Waals surface area contributed by atoms with E-state index in [9.17, 15) is 19.2 Å². The van der Waals surface area contributed by atoms with E-state index in [0.29, 0.717) is 11.3 Å². The molecule has 0 saturated heterocycles. The van der Waals surface area contributed by atoms with Crippen LogP contribution in [0.5, 0.6) is 0 Å². The molecule has 8 nitrogen and oxygen atoms in total. The second-order valence-corrected chi connectivity index (χ2v) is 6.18. The lowest BCUT2D eigenvalue weighted by Gasteiger charge is -2.10. The number of imide groups is 1. The number of nitrogens with one attached hydrogen (secondary N) is 2. The number of ether oxygens (including phenoxy) is 1. The first-order valence-electron chi connectivity index (χ1n) is 8.20. The van der Waals surface area contributed by atoms with Gasteiger partial charge in [-0.15, -0.1) is 0 Å². The van der Waals surface area contributed by atoms with Gasteiger partial charge in [0.15, 0.2) is 12.4 Å². The molecule has 0 fully saturated rings. The van der Waals surface area contributed by atoms with Gasteiger partial charge in [-0.25, -0.2) is 9.59 Å².